The molecule has 0 saturated carbocycles. The summed E-state index contributed by atoms with van der Waals surface area (Å²) < 4.78 is 16.5. The molecule has 190 valence electrons. The molecule has 0 aliphatic heterocycles. The van der Waals surface area contributed by atoms with Crippen LogP contribution in [0.1, 0.15) is 21.7 Å². The van der Waals surface area contributed by atoms with Crippen molar-refractivity contribution in [2.24, 2.45) is 0 Å². The summed E-state index contributed by atoms with van der Waals surface area (Å²) in [6.07, 6.45) is 1.62. The number of carbonyl (C=O) groups excluding carboxylic acids is 2. The van der Waals surface area contributed by atoms with Crippen molar-refractivity contribution < 1.29 is 23.5 Å². The third-order valence-electron chi connectivity index (χ3n) is 5.66. The Morgan fingerprint density at radius 1 is 0.784 bits per heavy atom. The van der Waals surface area contributed by atoms with Gasteiger partial charge in [-0.05, 0) is 29.8 Å². The van der Waals surface area contributed by atoms with Gasteiger partial charge in [-0.25, -0.2) is 0 Å². The van der Waals surface area contributed by atoms with Gasteiger partial charge in [0.25, 0.3) is 5.91 Å². The number of carbonyl (C=O) groups is 2. The first-order valence-corrected chi connectivity index (χ1v) is 11.8. The number of benzene rings is 3. The van der Waals surface area contributed by atoms with Gasteiger partial charge in [0.05, 0.1) is 44.9 Å². The normalized spacial score (nSPS) is 10.7. The second kappa shape index (κ2) is 12.4. The molecule has 0 aliphatic rings. The fourth-order valence-corrected chi connectivity index (χ4v) is 3.90. The van der Waals surface area contributed by atoms with Crippen LogP contribution < -0.4 is 20.1 Å². The van der Waals surface area contributed by atoms with Gasteiger partial charge in [-0.2, -0.15) is 0 Å². The molecule has 37 heavy (non-hydrogen) atoms. The van der Waals surface area contributed by atoms with E-state index in [4.69, 9.17) is 13.9 Å². The molecule has 0 atom stereocenters. The van der Waals surface area contributed by atoms with Gasteiger partial charge >= 0.3 is 0 Å². The highest BCUT2D eigenvalue weighted by molar-refractivity contribution is 6.05. The predicted molar refractivity (Wildman–Crippen MR) is 142 cm³/mol. The number of ether oxygens (including phenoxy) is 2. The molecule has 0 saturated heterocycles. The lowest BCUT2D eigenvalue weighted by Gasteiger charge is -2.22. The summed E-state index contributed by atoms with van der Waals surface area (Å²) in [5.41, 5.74) is 2.45. The Kier molecular flexibility index (Phi) is 8.57. The van der Waals surface area contributed by atoms with Crippen molar-refractivity contribution in [3.8, 4) is 11.5 Å². The van der Waals surface area contributed by atoms with Crippen LogP contribution in [0.15, 0.2) is 95.6 Å². The first-order chi connectivity index (χ1) is 18.1. The summed E-state index contributed by atoms with van der Waals surface area (Å²) >= 11 is 0. The summed E-state index contributed by atoms with van der Waals surface area (Å²) in [5.74, 6) is 1.02. The smallest absolute Gasteiger partial charge is 0.255 e. The molecular formula is C29H29N3O5. The van der Waals surface area contributed by atoms with E-state index < -0.39 is 0 Å². The Morgan fingerprint density at radius 3 is 2.00 bits per heavy atom. The average Bonchev–Trinajstić information content (AvgIpc) is 3.43. The highest BCUT2D eigenvalue weighted by Crippen LogP contribution is 2.36. The molecule has 1 aromatic heterocycles. The van der Waals surface area contributed by atoms with E-state index >= 15 is 0 Å². The minimum Gasteiger partial charge on any atom is -0.494 e. The fourth-order valence-electron chi connectivity index (χ4n) is 3.90. The molecular weight excluding hydrogens is 470 g/mol. The number of nitrogens with one attached hydrogen (secondary N) is 2. The predicted octanol–water partition coefficient (Wildman–Crippen LogP) is 5.19. The largest absolute Gasteiger partial charge is 0.494 e. The van der Waals surface area contributed by atoms with Gasteiger partial charge < -0.3 is 24.5 Å². The quantitative estimate of drug-likeness (QED) is 0.295. The topological polar surface area (TPSA) is 93.0 Å². The SMILES string of the molecule is COc1cc(NC(=O)c2ccccc2)c(OC)cc1NC(=O)CN(Cc1ccccc1)Cc1ccco1. The summed E-state index contributed by atoms with van der Waals surface area (Å²) in [6.45, 7) is 1.16. The van der Waals surface area contributed by atoms with E-state index in [1.165, 1.54) is 14.2 Å². The van der Waals surface area contributed by atoms with E-state index in [1.54, 1.807) is 42.7 Å². The highest BCUT2D eigenvalue weighted by atomic mass is 16.5. The second-order valence-electron chi connectivity index (χ2n) is 8.33. The Labute approximate surface area is 215 Å². The maximum absolute atomic E-state index is 13.1. The van der Waals surface area contributed by atoms with Gasteiger partial charge in [-0.3, -0.25) is 14.5 Å². The first-order valence-electron chi connectivity index (χ1n) is 11.8. The molecule has 2 amide bonds. The Hall–Kier alpha value is -4.56. The summed E-state index contributed by atoms with van der Waals surface area (Å²) in [7, 11) is 3.00. The first kappa shape index (κ1) is 25.5. The Morgan fingerprint density at radius 2 is 1.41 bits per heavy atom. The molecule has 0 spiro atoms. The average molecular weight is 500 g/mol. The van der Waals surface area contributed by atoms with Gasteiger partial charge in [0.15, 0.2) is 0 Å². The Bertz CT molecular complexity index is 1310. The zero-order chi connectivity index (χ0) is 26.0. The van der Waals surface area contributed by atoms with Crippen molar-refractivity contribution in [2.75, 3.05) is 31.4 Å². The number of furan rings is 1. The van der Waals surface area contributed by atoms with Crippen LogP contribution >= 0.6 is 0 Å². The molecule has 3 aromatic carbocycles. The number of hydrogen-bond donors (Lipinski definition) is 2. The summed E-state index contributed by atoms with van der Waals surface area (Å²) in [5, 5.41) is 5.76. The molecule has 0 radical (unpaired) electrons. The molecule has 0 fully saturated rings. The van der Waals surface area contributed by atoms with E-state index in [1.807, 2.05) is 53.4 Å². The maximum atomic E-state index is 13.1. The molecule has 4 aromatic rings. The number of hydrogen-bond acceptors (Lipinski definition) is 6. The van der Waals surface area contributed by atoms with Gasteiger partial charge in [-0.1, -0.05) is 48.5 Å². The lowest BCUT2D eigenvalue weighted by molar-refractivity contribution is -0.117. The van der Waals surface area contributed by atoms with Crippen LogP contribution in [0.5, 0.6) is 11.5 Å². The minimum atomic E-state index is -0.285. The van der Waals surface area contributed by atoms with Gasteiger partial charge in [0, 0.05) is 24.2 Å². The number of nitrogens with zero attached hydrogens (tertiary/aromatic N) is 1. The molecule has 0 unspecified atom stereocenters. The molecule has 1 heterocycles. The minimum absolute atomic E-state index is 0.119. The van der Waals surface area contributed by atoms with Crippen LogP contribution in [-0.2, 0) is 17.9 Å². The van der Waals surface area contributed by atoms with Crippen molar-refractivity contribution in [1.29, 1.82) is 0 Å². The monoisotopic (exact) mass is 499 g/mol. The van der Waals surface area contributed by atoms with E-state index in [0.29, 0.717) is 41.5 Å². The van der Waals surface area contributed by atoms with Crippen LogP contribution in [0.3, 0.4) is 0 Å². The molecule has 4 rings (SSSR count). The molecule has 8 heteroatoms. The summed E-state index contributed by atoms with van der Waals surface area (Å²) in [6, 6.07) is 25.7. The molecule has 0 aliphatic carbocycles. The lowest BCUT2D eigenvalue weighted by atomic mass is 10.2. The van der Waals surface area contributed by atoms with Crippen LogP contribution in [0.25, 0.3) is 0 Å². The van der Waals surface area contributed by atoms with Gasteiger partial charge in [-0.15, -0.1) is 0 Å². The fraction of sp³-hybridized carbons (Fsp3) is 0.172. The second-order valence-corrected chi connectivity index (χ2v) is 8.33. The zero-order valence-corrected chi connectivity index (χ0v) is 20.8. The standard InChI is InChI=1S/C29H29N3O5/c1-35-26-17-25(31-29(34)22-12-7-4-8-13-22)27(36-2)16-24(26)30-28(33)20-32(19-23-14-9-15-37-23)18-21-10-5-3-6-11-21/h3-17H,18-20H2,1-2H3,(H,30,33)(H,31,34). The van der Waals surface area contributed by atoms with E-state index in [0.717, 1.165) is 11.3 Å². The van der Waals surface area contributed by atoms with Gasteiger partial charge in [0.2, 0.25) is 5.91 Å². The van der Waals surface area contributed by atoms with Crippen molar-refractivity contribution in [3.05, 3.63) is 108 Å². The van der Waals surface area contributed by atoms with Crippen LogP contribution in [0.4, 0.5) is 11.4 Å². The molecule has 0 bridgehead atoms. The maximum Gasteiger partial charge on any atom is 0.255 e. The third kappa shape index (κ3) is 6.99. The van der Waals surface area contributed by atoms with Gasteiger partial charge in [0.1, 0.15) is 17.3 Å². The number of amides is 2. The van der Waals surface area contributed by atoms with Crippen molar-refractivity contribution in [3.63, 3.8) is 0 Å². The molecule has 2 N–H and O–H groups in total. The lowest BCUT2D eigenvalue weighted by Crippen LogP contribution is -2.32. The Balaban J connectivity index is 1.50. The van der Waals surface area contributed by atoms with Crippen LogP contribution in [-0.4, -0.2) is 37.5 Å². The summed E-state index contributed by atoms with van der Waals surface area (Å²) in [4.78, 5) is 27.8. The number of anilines is 2. The van der Waals surface area contributed by atoms with E-state index in [-0.39, 0.29) is 18.4 Å². The van der Waals surface area contributed by atoms with Crippen molar-refractivity contribution in [1.82, 2.24) is 4.90 Å². The van der Waals surface area contributed by atoms with Crippen LogP contribution in [0.2, 0.25) is 0 Å². The van der Waals surface area contributed by atoms with Crippen molar-refractivity contribution in [2.45, 2.75) is 13.1 Å². The molecule has 8 nitrogen and oxygen atoms in total. The van der Waals surface area contributed by atoms with E-state index in [9.17, 15) is 9.59 Å². The number of methoxy groups -OCH3 is 2. The van der Waals surface area contributed by atoms with E-state index in [2.05, 4.69) is 10.6 Å². The van der Waals surface area contributed by atoms with Crippen LogP contribution in [0, 0.1) is 0 Å². The van der Waals surface area contributed by atoms with Crippen molar-refractivity contribution >= 4 is 23.2 Å². The zero-order valence-electron chi connectivity index (χ0n) is 20.8. The third-order valence-corrected chi connectivity index (χ3v) is 5.66. The highest BCUT2D eigenvalue weighted by Gasteiger charge is 2.18. The number of rotatable bonds is 11.